The van der Waals surface area contributed by atoms with Gasteiger partial charge in [-0.3, -0.25) is 0 Å². The molecule has 0 heterocycles. The molecule has 102 valence electrons. The van der Waals surface area contributed by atoms with Gasteiger partial charge < -0.3 is 5.32 Å². The molecule has 0 radical (unpaired) electrons. The third-order valence-electron chi connectivity index (χ3n) is 3.92. The molecule has 0 aliphatic heterocycles. The molecule has 4 heteroatoms. The highest BCUT2D eigenvalue weighted by atomic mass is 19.1. The van der Waals surface area contributed by atoms with E-state index in [1.54, 1.807) is 6.07 Å². The Balaban J connectivity index is 2.09. The topological polar surface area (TPSA) is 35.8 Å². The van der Waals surface area contributed by atoms with E-state index in [4.69, 9.17) is 5.26 Å². The molecule has 2 rings (SSSR count). The molecule has 0 saturated heterocycles. The fraction of sp³-hybridized carbons (Fsp3) is 0.533. The second-order valence-corrected chi connectivity index (χ2v) is 5.65. The summed E-state index contributed by atoms with van der Waals surface area (Å²) in [6.45, 7) is 2.71. The van der Waals surface area contributed by atoms with Gasteiger partial charge in [-0.2, -0.15) is 5.26 Å². The van der Waals surface area contributed by atoms with E-state index in [1.807, 2.05) is 0 Å². The number of benzene rings is 1. The van der Waals surface area contributed by atoms with Crippen molar-refractivity contribution in [2.24, 2.45) is 5.41 Å². The van der Waals surface area contributed by atoms with Gasteiger partial charge in [0.1, 0.15) is 5.69 Å². The minimum atomic E-state index is -0.698. The van der Waals surface area contributed by atoms with E-state index in [9.17, 15) is 8.78 Å². The van der Waals surface area contributed by atoms with Crippen molar-refractivity contribution in [2.45, 2.75) is 39.0 Å². The first-order valence-corrected chi connectivity index (χ1v) is 6.67. The number of nitrogens with one attached hydrogen (secondary N) is 1. The molecular weight excluding hydrogens is 246 g/mol. The van der Waals surface area contributed by atoms with E-state index in [1.165, 1.54) is 19.3 Å². The monoisotopic (exact) mass is 264 g/mol. The average Bonchev–Trinajstić information content (AvgIpc) is 2.38. The Hall–Kier alpha value is -1.63. The second kappa shape index (κ2) is 5.56. The molecule has 1 fully saturated rings. The summed E-state index contributed by atoms with van der Waals surface area (Å²) < 4.78 is 27.4. The molecule has 0 spiro atoms. The standard InChI is InChI=1S/C15H18F2N2/c1-15(5-3-2-4-6-15)10-19-14-12(16)7-11(9-18)8-13(14)17/h7-8,19H,2-6,10H2,1H3. The van der Waals surface area contributed by atoms with Crippen molar-refractivity contribution < 1.29 is 8.78 Å². The predicted octanol–water partition coefficient (Wildman–Crippen LogP) is 4.22. The highest BCUT2D eigenvalue weighted by Crippen LogP contribution is 2.36. The third kappa shape index (κ3) is 3.23. The molecule has 1 N–H and O–H groups in total. The van der Waals surface area contributed by atoms with Crippen LogP contribution in [-0.2, 0) is 0 Å². The number of nitriles is 1. The van der Waals surface area contributed by atoms with Crippen molar-refractivity contribution in [3.63, 3.8) is 0 Å². The molecule has 1 aromatic carbocycles. The lowest BCUT2D eigenvalue weighted by Crippen LogP contribution is -2.29. The van der Waals surface area contributed by atoms with E-state index in [-0.39, 0.29) is 16.7 Å². The van der Waals surface area contributed by atoms with E-state index < -0.39 is 11.6 Å². The van der Waals surface area contributed by atoms with Crippen LogP contribution in [0.3, 0.4) is 0 Å². The van der Waals surface area contributed by atoms with Crippen LogP contribution in [0.15, 0.2) is 12.1 Å². The first kappa shape index (κ1) is 13.8. The van der Waals surface area contributed by atoms with Crippen molar-refractivity contribution in [1.82, 2.24) is 0 Å². The van der Waals surface area contributed by atoms with E-state index in [2.05, 4.69) is 12.2 Å². The first-order chi connectivity index (χ1) is 9.04. The van der Waals surface area contributed by atoms with Crippen molar-refractivity contribution in [1.29, 1.82) is 5.26 Å². The Morgan fingerprint density at radius 2 is 1.79 bits per heavy atom. The Morgan fingerprint density at radius 3 is 2.32 bits per heavy atom. The quantitative estimate of drug-likeness (QED) is 0.887. The lowest BCUT2D eigenvalue weighted by atomic mass is 9.76. The summed E-state index contributed by atoms with van der Waals surface area (Å²) in [5.74, 6) is -1.40. The van der Waals surface area contributed by atoms with Gasteiger partial charge in [-0.05, 0) is 30.4 Å². The molecule has 0 amide bonds. The van der Waals surface area contributed by atoms with Crippen LogP contribution in [0, 0.1) is 28.4 Å². The third-order valence-corrected chi connectivity index (χ3v) is 3.92. The zero-order valence-electron chi connectivity index (χ0n) is 11.1. The molecular formula is C15H18F2N2. The smallest absolute Gasteiger partial charge is 0.150 e. The van der Waals surface area contributed by atoms with Gasteiger partial charge in [-0.15, -0.1) is 0 Å². The highest BCUT2D eigenvalue weighted by molar-refractivity contribution is 5.50. The van der Waals surface area contributed by atoms with Gasteiger partial charge in [0.05, 0.1) is 11.6 Å². The maximum Gasteiger partial charge on any atom is 0.150 e. The number of hydrogen-bond donors (Lipinski definition) is 1. The minimum absolute atomic E-state index is 0.00410. The van der Waals surface area contributed by atoms with Crippen LogP contribution in [0.25, 0.3) is 0 Å². The highest BCUT2D eigenvalue weighted by Gasteiger charge is 2.27. The summed E-state index contributed by atoms with van der Waals surface area (Å²) in [5.41, 5.74) is -0.0133. The number of anilines is 1. The SMILES string of the molecule is CC1(CNc2c(F)cc(C#N)cc2F)CCCCC1. The molecule has 1 aliphatic carbocycles. The zero-order chi connectivity index (χ0) is 13.9. The molecule has 0 unspecified atom stereocenters. The number of rotatable bonds is 3. The second-order valence-electron chi connectivity index (χ2n) is 5.65. The summed E-state index contributed by atoms with van der Waals surface area (Å²) in [5, 5.41) is 11.5. The van der Waals surface area contributed by atoms with Gasteiger partial charge in [0.2, 0.25) is 0 Å². The Morgan fingerprint density at radius 1 is 1.21 bits per heavy atom. The van der Waals surface area contributed by atoms with E-state index in [0.717, 1.165) is 25.0 Å². The average molecular weight is 264 g/mol. The minimum Gasteiger partial charge on any atom is -0.380 e. The Labute approximate surface area is 112 Å². The summed E-state index contributed by atoms with van der Waals surface area (Å²) in [4.78, 5) is 0. The molecule has 0 atom stereocenters. The molecule has 19 heavy (non-hydrogen) atoms. The van der Waals surface area contributed by atoms with E-state index in [0.29, 0.717) is 6.54 Å². The Kier molecular flexibility index (Phi) is 4.04. The number of nitrogens with zero attached hydrogens (tertiary/aromatic N) is 1. The van der Waals surface area contributed by atoms with Crippen LogP contribution >= 0.6 is 0 Å². The van der Waals surface area contributed by atoms with Crippen LogP contribution < -0.4 is 5.32 Å². The summed E-state index contributed by atoms with van der Waals surface area (Å²) >= 11 is 0. The maximum atomic E-state index is 13.7. The van der Waals surface area contributed by atoms with Crippen LogP contribution in [0.1, 0.15) is 44.6 Å². The molecule has 1 aliphatic rings. The molecule has 1 aromatic rings. The number of halogens is 2. The lowest BCUT2D eigenvalue weighted by Gasteiger charge is -2.34. The Bertz CT molecular complexity index is 476. The summed E-state index contributed by atoms with van der Waals surface area (Å²) in [7, 11) is 0. The molecule has 0 aromatic heterocycles. The van der Waals surface area contributed by atoms with Crippen molar-refractivity contribution in [3.8, 4) is 6.07 Å². The normalized spacial score (nSPS) is 17.8. The molecule has 1 saturated carbocycles. The van der Waals surface area contributed by atoms with Crippen molar-refractivity contribution in [2.75, 3.05) is 11.9 Å². The van der Waals surface area contributed by atoms with Gasteiger partial charge in [0.15, 0.2) is 11.6 Å². The van der Waals surface area contributed by atoms with E-state index >= 15 is 0 Å². The zero-order valence-corrected chi connectivity index (χ0v) is 11.1. The van der Waals surface area contributed by atoms with Gasteiger partial charge >= 0.3 is 0 Å². The largest absolute Gasteiger partial charge is 0.380 e. The van der Waals surface area contributed by atoms with Gasteiger partial charge in [0.25, 0.3) is 0 Å². The van der Waals surface area contributed by atoms with Crippen LogP contribution in [-0.4, -0.2) is 6.54 Å². The van der Waals surface area contributed by atoms with Gasteiger partial charge in [0, 0.05) is 6.54 Å². The van der Waals surface area contributed by atoms with Gasteiger partial charge in [-0.25, -0.2) is 8.78 Å². The van der Waals surface area contributed by atoms with Gasteiger partial charge in [-0.1, -0.05) is 26.2 Å². The number of hydrogen-bond acceptors (Lipinski definition) is 2. The van der Waals surface area contributed by atoms with Crippen LogP contribution in [0.2, 0.25) is 0 Å². The summed E-state index contributed by atoms with van der Waals surface area (Å²) in [6, 6.07) is 3.87. The first-order valence-electron chi connectivity index (χ1n) is 6.67. The fourth-order valence-corrected chi connectivity index (χ4v) is 2.69. The van der Waals surface area contributed by atoms with Crippen LogP contribution in [0.4, 0.5) is 14.5 Å². The molecule has 0 bridgehead atoms. The van der Waals surface area contributed by atoms with Crippen molar-refractivity contribution >= 4 is 5.69 Å². The summed E-state index contributed by atoms with van der Waals surface area (Å²) in [6.07, 6.45) is 5.77. The van der Waals surface area contributed by atoms with Crippen LogP contribution in [0.5, 0.6) is 0 Å². The maximum absolute atomic E-state index is 13.7. The lowest BCUT2D eigenvalue weighted by molar-refractivity contribution is 0.233. The van der Waals surface area contributed by atoms with Crippen molar-refractivity contribution in [3.05, 3.63) is 29.3 Å². The molecule has 2 nitrogen and oxygen atoms in total. The fourth-order valence-electron chi connectivity index (χ4n) is 2.69. The predicted molar refractivity (Wildman–Crippen MR) is 70.8 cm³/mol.